The van der Waals surface area contributed by atoms with Crippen molar-refractivity contribution in [2.75, 3.05) is 0 Å². The second kappa shape index (κ2) is 9.70. The van der Waals surface area contributed by atoms with Gasteiger partial charge in [-0.25, -0.2) is 0 Å². The number of nitrogens with one attached hydrogen (secondary N) is 2. The average molecular weight is 511 g/mol. The first-order valence-corrected chi connectivity index (χ1v) is 11.3. The number of amides is 4. The number of benzene rings is 2. The maximum absolute atomic E-state index is 14.8. The summed E-state index contributed by atoms with van der Waals surface area (Å²) in [7, 11) is 30.7. The second-order valence-corrected chi connectivity index (χ2v) is 9.04. The van der Waals surface area contributed by atoms with E-state index in [1.807, 2.05) is 5.32 Å². The highest BCUT2D eigenvalue weighted by Crippen LogP contribution is 2.34. The summed E-state index contributed by atoms with van der Waals surface area (Å²) < 4.78 is 29.5. The van der Waals surface area contributed by atoms with Crippen LogP contribution in [0.5, 0.6) is 0 Å². The van der Waals surface area contributed by atoms with E-state index in [1.165, 1.54) is 12.1 Å². The van der Waals surface area contributed by atoms with Gasteiger partial charge >= 0.3 is 5.92 Å². The maximum atomic E-state index is 14.8. The molecule has 0 spiro atoms. The summed E-state index contributed by atoms with van der Waals surface area (Å²) >= 11 is 5.72. The fraction of sp³-hybridized carbons (Fsp3) is 0.273. The largest absolute Gasteiger partial charge is 0.352 e. The van der Waals surface area contributed by atoms with Crippen molar-refractivity contribution in [1.82, 2.24) is 15.5 Å². The van der Waals surface area contributed by atoms with Crippen molar-refractivity contribution in [3.63, 3.8) is 0 Å². The number of hydrogen-bond acceptors (Lipinski definition) is 4. The van der Waals surface area contributed by atoms with E-state index < -0.39 is 53.0 Å². The van der Waals surface area contributed by atoms with Gasteiger partial charge in [-0.3, -0.25) is 24.5 Å². The van der Waals surface area contributed by atoms with E-state index in [1.54, 1.807) is 0 Å². The molecule has 15 heteroatoms. The zero-order chi connectivity index (χ0) is 27.4. The standard InChI is InChI=1S/C22H13B5ClF2N3O4/c23-14-11-12(20(36)33(18(11)27)9-5-6-10(34)31-19(9)35)15(24)16(25)13(14)17(26)32-21(37)22(29,30)7-1-3-8(28)4-2-7/h1-4,9,17-18H,5-6H2,(H,32,37)(H,31,34,35). The highest BCUT2D eigenvalue weighted by atomic mass is 35.5. The fourth-order valence-corrected chi connectivity index (χ4v) is 4.62. The molecule has 2 aliphatic heterocycles. The number of halogens is 3. The molecular formula is C22H13B5ClF2N3O4. The lowest BCUT2D eigenvalue weighted by Gasteiger charge is -2.33. The molecule has 0 aliphatic carbocycles. The highest BCUT2D eigenvalue weighted by molar-refractivity contribution is 6.55. The van der Waals surface area contributed by atoms with Gasteiger partial charge in [0.05, 0.1) is 0 Å². The molecule has 176 valence electrons. The molecule has 2 aliphatic rings. The summed E-state index contributed by atoms with van der Waals surface area (Å²) in [6.07, 6.45) is -0.0179. The second-order valence-electron chi connectivity index (χ2n) is 8.60. The first kappa shape index (κ1) is 27.0. The van der Waals surface area contributed by atoms with Crippen LogP contribution in [0.1, 0.15) is 51.8 Å². The fourth-order valence-electron chi connectivity index (χ4n) is 4.49. The number of piperidine rings is 1. The molecule has 7 nitrogen and oxygen atoms in total. The molecule has 0 bridgehead atoms. The zero-order valence-corrected chi connectivity index (χ0v) is 19.8. The number of alkyl halides is 2. The van der Waals surface area contributed by atoms with Crippen molar-refractivity contribution >= 4 is 90.8 Å². The average Bonchev–Trinajstić information content (AvgIpc) is 3.08. The highest BCUT2D eigenvalue weighted by Gasteiger charge is 2.45. The Morgan fingerprint density at radius 2 is 1.73 bits per heavy atom. The predicted octanol–water partition coefficient (Wildman–Crippen LogP) is -1.78. The Kier molecular flexibility index (Phi) is 7.09. The van der Waals surface area contributed by atoms with Crippen molar-refractivity contribution in [3.05, 3.63) is 51.5 Å². The third-order valence-corrected chi connectivity index (χ3v) is 6.63. The Morgan fingerprint density at radius 3 is 2.32 bits per heavy atom. The van der Waals surface area contributed by atoms with E-state index in [4.69, 9.17) is 50.8 Å². The Bertz CT molecular complexity index is 1340. The molecule has 2 aromatic rings. The maximum Gasteiger partial charge on any atom is 0.349 e. The number of hydrogen-bond donors (Lipinski definition) is 2. The van der Waals surface area contributed by atoms with Crippen LogP contribution in [0.15, 0.2) is 24.3 Å². The Morgan fingerprint density at radius 1 is 1.11 bits per heavy atom. The van der Waals surface area contributed by atoms with Crippen LogP contribution in [0, 0.1) is 0 Å². The molecule has 2 heterocycles. The molecule has 3 atom stereocenters. The number of fused-ring (bicyclic) bond motifs is 1. The van der Waals surface area contributed by atoms with Crippen LogP contribution in [-0.4, -0.2) is 73.8 Å². The predicted molar refractivity (Wildman–Crippen MR) is 135 cm³/mol. The van der Waals surface area contributed by atoms with Gasteiger partial charge in [0.25, 0.3) is 11.8 Å². The Labute approximate surface area is 222 Å². The summed E-state index contributed by atoms with van der Waals surface area (Å²) in [5.41, 5.74) is -1.98. The number of imide groups is 1. The van der Waals surface area contributed by atoms with Crippen LogP contribution in [0.3, 0.4) is 0 Å². The minimum atomic E-state index is -4.00. The molecule has 4 amide bonds. The van der Waals surface area contributed by atoms with Crippen molar-refractivity contribution in [2.45, 2.75) is 36.7 Å². The smallest absolute Gasteiger partial charge is 0.349 e. The molecule has 4 rings (SSSR count). The van der Waals surface area contributed by atoms with Crippen molar-refractivity contribution in [1.29, 1.82) is 0 Å². The first-order valence-electron chi connectivity index (χ1n) is 10.9. The molecule has 0 aromatic heterocycles. The molecule has 1 fully saturated rings. The quantitative estimate of drug-likeness (QED) is 0.367. The summed E-state index contributed by atoms with van der Waals surface area (Å²) in [6, 6.07) is 3.27. The van der Waals surface area contributed by atoms with Gasteiger partial charge in [-0.05, 0) is 29.7 Å². The van der Waals surface area contributed by atoms with E-state index in [2.05, 4.69) is 5.32 Å². The topological polar surface area (TPSA) is 95.6 Å². The van der Waals surface area contributed by atoms with Gasteiger partial charge in [-0.1, -0.05) is 40.1 Å². The van der Waals surface area contributed by atoms with Crippen LogP contribution in [-0.2, 0) is 20.3 Å². The summed E-state index contributed by atoms with van der Waals surface area (Å²) in [6.45, 7) is 0. The van der Waals surface area contributed by atoms with Gasteiger partial charge < -0.3 is 10.2 Å². The molecule has 2 aromatic carbocycles. The summed E-state index contributed by atoms with van der Waals surface area (Å²) in [4.78, 5) is 50.6. The SMILES string of the molecule is [B]c1c([B])c(C([B])NC(=O)C(F)(F)c2ccc(Cl)cc2)c([B])c2c1C(=O)N(C1CCC(=O)NC1=O)C2[B]. The monoisotopic (exact) mass is 511 g/mol. The van der Waals surface area contributed by atoms with E-state index in [0.29, 0.717) is 0 Å². The Balaban J connectivity index is 1.67. The molecule has 1 saturated heterocycles. The normalized spacial score (nSPS) is 20.4. The number of carbonyl (C=O) groups excluding carboxylic acids is 4. The van der Waals surface area contributed by atoms with Crippen LogP contribution in [0.25, 0.3) is 0 Å². The third-order valence-electron chi connectivity index (χ3n) is 6.38. The van der Waals surface area contributed by atoms with Crippen LogP contribution in [0.4, 0.5) is 8.78 Å². The van der Waals surface area contributed by atoms with Crippen LogP contribution in [0.2, 0.25) is 5.02 Å². The lowest BCUT2D eigenvalue weighted by Crippen LogP contribution is -2.53. The van der Waals surface area contributed by atoms with Crippen molar-refractivity contribution in [2.24, 2.45) is 0 Å². The van der Waals surface area contributed by atoms with Gasteiger partial charge in [-0.15, -0.1) is 0 Å². The van der Waals surface area contributed by atoms with Gasteiger partial charge in [0.2, 0.25) is 11.8 Å². The number of rotatable bonds is 5. The van der Waals surface area contributed by atoms with Crippen molar-refractivity contribution in [3.8, 4) is 0 Å². The number of nitrogens with zero attached hydrogens (tertiary/aromatic N) is 1. The van der Waals surface area contributed by atoms with Gasteiger partial charge in [0, 0.05) is 34.5 Å². The van der Waals surface area contributed by atoms with Gasteiger partial charge in [0.1, 0.15) is 45.3 Å². The molecule has 3 unspecified atom stereocenters. The number of carbonyl (C=O) groups is 4. The van der Waals surface area contributed by atoms with Crippen molar-refractivity contribution < 1.29 is 28.0 Å². The molecule has 10 radical (unpaired) electrons. The Hall–Kier alpha value is -3.01. The lowest BCUT2D eigenvalue weighted by atomic mass is 9.63. The summed E-state index contributed by atoms with van der Waals surface area (Å²) in [5.74, 6) is -10.7. The molecule has 0 saturated carbocycles. The van der Waals surface area contributed by atoms with E-state index >= 15 is 0 Å². The third kappa shape index (κ3) is 4.49. The minimum absolute atomic E-state index is 0.00952. The van der Waals surface area contributed by atoms with E-state index in [-0.39, 0.29) is 50.9 Å². The molecule has 37 heavy (non-hydrogen) atoms. The molecular weight excluding hydrogens is 498 g/mol. The van der Waals surface area contributed by atoms with E-state index in [9.17, 15) is 28.0 Å². The summed E-state index contributed by atoms with van der Waals surface area (Å²) in [5, 5.41) is 4.30. The lowest BCUT2D eigenvalue weighted by molar-refractivity contribution is -0.147. The van der Waals surface area contributed by atoms with Gasteiger partial charge in [0.15, 0.2) is 0 Å². The van der Waals surface area contributed by atoms with Crippen LogP contribution >= 0.6 is 11.6 Å². The van der Waals surface area contributed by atoms with Gasteiger partial charge in [-0.2, -0.15) is 8.78 Å². The minimum Gasteiger partial charge on any atom is -0.352 e. The van der Waals surface area contributed by atoms with Crippen LogP contribution < -0.4 is 27.0 Å². The molecule has 2 N–H and O–H groups in total. The first-order chi connectivity index (χ1) is 17.3. The zero-order valence-electron chi connectivity index (χ0n) is 19.1. The van der Waals surface area contributed by atoms with E-state index in [0.717, 1.165) is 17.0 Å².